The third-order valence-electron chi connectivity index (χ3n) is 5.76. The lowest BCUT2D eigenvalue weighted by Crippen LogP contribution is -2.68. The van der Waals surface area contributed by atoms with Crippen LogP contribution in [0.1, 0.15) is 46.0 Å². The fraction of sp³-hybridized carbons (Fsp3) is 1.00. The molecule has 4 atom stereocenters. The number of ether oxygens (including phenoxy) is 1. The van der Waals surface area contributed by atoms with Crippen molar-refractivity contribution < 1.29 is 4.74 Å². The van der Waals surface area contributed by atoms with Crippen LogP contribution in [-0.2, 0) is 4.74 Å². The Labute approximate surface area is 111 Å². The van der Waals surface area contributed by atoms with E-state index >= 15 is 0 Å². The minimum Gasteiger partial charge on any atom is -0.378 e. The molecule has 3 rings (SSSR count). The van der Waals surface area contributed by atoms with Gasteiger partial charge in [0.15, 0.2) is 0 Å². The zero-order valence-corrected chi connectivity index (χ0v) is 12.1. The van der Waals surface area contributed by atoms with Crippen LogP contribution < -0.4 is 5.32 Å². The number of hydrogen-bond donors (Lipinski definition) is 1. The topological polar surface area (TPSA) is 24.5 Å². The first-order valence-corrected chi connectivity index (χ1v) is 7.73. The fourth-order valence-electron chi connectivity index (χ4n) is 4.27. The summed E-state index contributed by atoms with van der Waals surface area (Å²) in [4.78, 5) is 2.48. The van der Waals surface area contributed by atoms with E-state index in [1.807, 2.05) is 0 Å². The van der Waals surface area contributed by atoms with Crippen LogP contribution in [0.15, 0.2) is 0 Å². The molecule has 1 aliphatic heterocycles. The maximum Gasteiger partial charge on any atom is 0.0661 e. The second-order valence-electron chi connectivity index (χ2n) is 6.71. The highest BCUT2D eigenvalue weighted by molar-refractivity contribution is 5.13. The predicted molar refractivity (Wildman–Crippen MR) is 73.7 cm³/mol. The van der Waals surface area contributed by atoms with Gasteiger partial charge in [0.2, 0.25) is 0 Å². The van der Waals surface area contributed by atoms with E-state index in [0.29, 0.717) is 17.6 Å². The van der Waals surface area contributed by atoms with Crippen molar-refractivity contribution >= 4 is 0 Å². The first-order valence-electron chi connectivity index (χ1n) is 7.73. The molecule has 3 nitrogen and oxygen atoms in total. The molecule has 0 unspecified atom stereocenters. The van der Waals surface area contributed by atoms with Crippen molar-refractivity contribution in [2.45, 2.75) is 70.2 Å². The van der Waals surface area contributed by atoms with E-state index in [-0.39, 0.29) is 0 Å². The number of rotatable bonds is 4. The van der Waals surface area contributed by atoms with Gasteiger partial charge in [0.25, 0.3) is 0 Å². The van der Waals surface area contributed by atoms with Gasteiger partial charge in [-0.15, -0.1) is 0 Å². The molecule has 3 aliphatic rings. The number of likely N-dealkylation sites (tertiary alicyclic amines) is 1. The normalized spacial score (nSPS) is 42.8. The molecule has 2 saturated carbocycles. The lowest BCUT2D eigenvalue weighted by molar-refractivity contribution is -0.174. The number of nitrogens with one attached hydrogen (secondary N) is 1. The molecule has 0 aromatic rings. The molecular weight excluding hydrogens is 224 g/mol. The molecule has 0 amide bonds. The predicted octanol–water partition coefficient (Wildman–Crippen LogP) is 2.02. The van der Waals surface area contributed by atoms with Crippen molar-refractivity contribution in [3.05, 3.63) is 0 Å². The van der Waals surface area contributed by atoms with E-state index in [0.717, 1.165) is 18.7 Å². The first kappa shape index (κ1) is 12.9. The SMILES string of the molecule is CCO[C@@H]1C[C@H](N[C@@H]2C[C@@H](C)N(C)C2)C12CCC2. The minimum absolute atomic E-state index is 0.514. The zero-order valence-electron chi connectivity index (χ0n) is 12.1. The molecule has 0 aromatic heterocycles. The van der Waals surface area contributed by atoms with Crippen molar-refractivity contribution in [3.8, 4) is 0 Å². The summed E-state index contributed by atoms with van der Waals surface area (Å²) in [6, 6.07) is 2.17. The minimum atomic E-state index is 0.514. The fourth-order valence-corrected chi connectivity index (χ4v) is 4.27. The highest BCUT2D eigenvalue weighted by Gasteiger charge is 2.59. The van der Waals surface area contributed by atoms with Gasteiger partial charge in [0.1, 0.15) is 0 Å². The standard InChI is InChI=1S/C15H28N2O/c1-4-18-14-9-13(15(14)6-5-7-15)16-12-8-11(2)17(3)10-12/h11-14,16H,4-10H2,1-3H3/t11-,12-,13+,14-/m1/s1. The van der Waals surface area contributed by atoms with Gasteiger partial charge in [0.05, 0.1) is 6.10 Å². The Hall–Kier alpha value is -0.120. The molecule has 104 valence electrons. The van der Waals surface area contributed by atoms with Gasteiger partial charge < -0.3 is 15.0 Å². The Balaban J connectivity index is 1.55. The largest absolute Gasteiger partial charge is 0.378 e. The molecule has 0 radical (unpaired) electrons. The molecule has 1 saturated heterocycles. The van der Waals surface area contributed by atoms with E-state index in [9.17, 15) is 0 Å². The Morgan fingerprint density at radius 1 is 1.33 bits per heavy atom. The Bertz CT molecular complexity index is 293. The average molecular weight is 252 g/mol. The molecule has 2 aliphatic carbocycles. The summed E-state index contributed by atoms with van der Waals surface area (Å²) in [6.45, 7) is 6.56. The molecule has 1 spiro atoms. The molecule has 0 bridgehead atoms. The van der Waals surface area contributed by atoms with Gasteiger partial charge in [0, 0.05) is 36.7 Å². The Morgan fingerprint density at radius 3 is 2.61 bits per heavy atom. The van der Waals surface area contributed by atoms with E-state index in [1.165, 1.54) is 38.6 Å². The van der Waals surface area contributed by atoms with Crippen molar-refractivity contribution in [1.29, 1.82) is 0 Å². The van der Waals surface area contributed by atoms with E-state index in [1.54, 1.807) is 0 Å². The summed E-state index contributed by atoms with van der Waals surface area (Å²) in [5.74, 6) is 0. The summed E-state index contributed by atoms with van der Waals surface area (Å²) in [5.41, 5.74) is 0.514. The van der Waals surface area contributed by atoms with Crippen molar-refractivity contribution in [1.82, 2.24) is 10.2 Å². The van der Waals surface area contributed by atoms with Crippen LogP contribution in [-0.4, -0.2) is 49.3 Å². The molecular formula is C15H28N2O. The van der Waals surface area contributed by atoms with Crippen LogP contribution in [0, 0.1) is 5.41 Å². The quantitative estimate of drug-likeness (QED) is 0.828. The van der Waals surface area contributed by atoms with Crippen LogP contribution in [0.4, 0.5) is 0 Å². The first-order chi connectivity index (χ1) is 8.65. The lowest BCUT2D eigenvalue weighted by atomic mass is 9.51. The highest BCUT2D eigenvalue weighted by atomic mass is 16.5. The molecule has 18 heavy (non-hydrogen) atoms. The maximum absolute atomic E-state index is 5.92. The van der Waals surface area contributed by atoms with Gasteiger partial charge >= 0.3 is 0 Å². The van der Waals surface area contributed by atoms with Crippen LogP contribution in [0.25, 0.3) is 0 Å². The summed E-state index contributed by atoms with van der Waals surface area (Å²) in [7, 11) is 2.25. The van der Waals surface area contributed by atoms with E-state index in [4.69, 9.17) is 4.74 Å². The third kappa shape index (κ3) is 1.91. The smallest absolute Gasteiger partial charge is 0.0661 e. The summed E-state index contributed by atoms with van der Waals surface area (Å²) in [5, 5.41) is 3.94. The summed E-state index contributed by atoms with van der Waals surface area (Å²) < 4.78 is 5.92. The van der Waals surface area contributed by atoms with Crippen molar-refractivity contribution in [3.63, 3.8) is 0 Å². The zero-order chi connectivity index (χ0) is 12.8. The van der Waals surface area contributed by atoms with Gasteiger partial charge in [-0.1, -0.05) is 6.42 Å². The lowest BCUT2D eigenvalue weighted by Gasteiger charge is -2.61. The Kier molecular flexibility index (Phi) is 3.41. The summed E-state index contributed by atoms with van der Waals surface area (Å²) >= 11 is 0. The molecule has 3 heteroatoms. The van der Waals surface area contributed by atoms with E-state index in [2.05, 4.69) is 31.1 Å². The van der Waals surface area contributed by atoms with Crippen LogP contribution in [0.5, 0.6) is 0 Å². The second kappa shape index (κ2) is 4.77. The van der Waals surface area contributed by atoms with Gasteiger partial charge in [-0.3, -0.25) is 0 Å². The second-order valence-corrected chi connectivity index (χ2v) is 6.71. The van der Waals surface area contributed by atoms with Crippen molar-refractivity contribution in [2.24, 2.45) is 5.41 Å². The number of hydrogen-bond acceptors (Lipinski definition) is 3. The maximum atomic E-state index is 5.92. The number of nitrogens with zero attached hydrogens (tertiary/aromatic N) is 1. The molecule has 1 heterocycles. The molecule has 0 aromatic carbocycles. The molecule has 1 N–H and O–H groups in total. The monoisotopic (exact) mass is 252 g/mol. The van der Waals surface area contributed by atoms with Crippen LogP contribution >= 0.6 is 0 Å². The van der Waals surface area contributed by atoms with Gasteiger partial charge in [-0.05, 0) is 46.6 Å². The number of likely N-dealkylation sites (N-methyl/N-ethyl adjacent to an activating group) is 1. The van der Waals surface area contributed by atoms with Crippen LogP contribution in [0.3, 0.4) is 0 Å². The summed E-state index contributed by atoms with van der Waals surface area (Å²) in [6.07, 6.45) is 7.26. The average Bonchev–Trinajstić information content (AvgIpc) is 2.54. The van der Waals surface area contributed by atoms with Crippen LogP contribution in [0.2, 0.25) is 0 Å². The Morgan fingerprint density at radius 2 is 2.11 bits per heavy atom. The van der Waals surface area contributed by atoms with Crippen molar-refractivity contribution in [2.75, 3.05) is 20.2 Å². The molecule has 3 fully saturated rings. The van der Waals surface area contributed by atoms with Gasteiger partial charge in [-0.25, -0.2) is 0 Å². The van der Waals surface area contributed by atoms with Gasteiger partial charge in [-0.2, -0.15) is 0 Å². The third-order valence-corrected chi connectivity index (χ3v) is 5.76. The van der Waals surface area contributed by atoms with E-state index < -0.39 is 0 Å². The highest BCUT2D eigenvalue weighted by Crippen LogP contribution is 2.57.